The molecule has 1 fully saturated rings. The van der Waals surface area contributed by atoms with Crippen LogP contribution in [-0.2, 0) is 9.53 Å². The second-order valence-electron chi connectivity index (χ2n) is 4.12. The third kappa shape index (κ3) is 2.42. The largest absolute Gasteiger partial charge is 0.468 e. The zero-order chi connectivity index (χ0) is 14.0. The van der Waals surface area contributed by atoms with E-state index < -0.39 is 29.8 Å². The summed E-state index contributed by atoms with van der Waals surface area (Å²) in [5, 5.41) is 4.91. The number of urea groups is 1. The number of carbonyl (C=O) groups is 2. The average molecular weight is 264 g/mol. The molecule has 100 valence electrons. The Morgan fingerprint density at radius 1 is 1.42 bits per heavy atom. The van der Waals surface area contributed by atoms with Crippen LogP contribution < -0.4 is 10.6 Å². The van der Waals surface area contributed by atoms with E-state index >= 15 is 0 Å². The van der Waals surface area contributed by atoms with E-state index in [-0.39, 0.29) is 11.3 Å². The Kier molecular flexibility index (Phi) is 3.50. The minimum atomic E-state index is -0.875. The fourth-order valence-corrected chi connectivity index (χ4v) is 2.08. The van der Waals surface area contributed by atoms with Gasteiger partial charge in [0.2, 0.25) is 0 Å². The Balaban J connectivity index is 2.44. The van der Waals surface area contributed by atoms with Crippen molar-refractivity contribution in [1.82, 2.24) is 10.6 Å². The van der Waals surface area contributed by atoms with Gasteiger partial charge in [0.1, 0.15) is 11.7 Å². The van der Waals surface area contributed by atoms with Crippen molar-refractivity contribution >= 4 is 12.0 Å². The molecular weight excluding hydrogens is 251 g/mol. The van der Waals surface area contributed by atoms with Crippen LogP contribution in [0.1, 0.15) is 11.6 Å². The van der Waals surface area contributed by atoms with Gasteiger partial charge < -0.3 is 15.4 Å². The maximum absolute atomic E-state index is 13.8. The Bertz CT molecular complexity index is 544. The summed E-state index contributed by atoms with van der Waals surface area (Å²) in [6.07, 6.45) is 0. The normalized spacial score (nSPS) is 22.4. The molecule has 1 saturated heterocycles. The molecule has 1 heterocycles. The summed E-state index contributed by atoms with van der Waals surface area (Å²) >= 11 is 0. The van der Waals surface area contributed by atoms with E-state index in [1.807, 2.05) is 0 Å². The van der Waals surface area contributed by atoms with Gasteiger partial charge in [0.15, 0.2) is 0 Å². The number of carbonyl (C=O) groups excluding carboxylic acids is 2. The van der Waals surface area contributed by atoms with E-state index in [1.165, 1.54) is 25.3 Å². The van der Waals surface area contributed by atoms with E-state index in [0.29, 0.717) is 0 Å². The number of amides is 2. The minimum Gasteiger partial charge on any atom is -0.468 e. The zero-order valence-electron chi connectivity index (χ0n) is 10.3. The van der Waals surface area contributed by atoms with Crippen LogP contribution in [0.3, 0.4) is 0 Å². The lowest BCUT2D eigenvalue weighted by Gasteiger charge is -2.33. The predicted octanol–water partition coefficient (Wildman–Crippen LogP) is 1.48. The molecule has 2 rings (SSSR count). The van der Waals surface area contributed by atoms with Crippen LogP contribution in [0, 0.1) is 11.7 Å². The molecule has 1 aromatic rings. The monoisotopic (exact) mass is 264 g/mol. The smallest absolute Gasteiger partial charge is 0.319 e. The van der Waals surface area contributed by atoms with Crippen molar-refractivity contribution in [1.29, 1.82) is 0 Å². The summed E-state index contributed by atoms with van der Waals surface area (Å²) in [5.74, 6) is -1.97. The summed E-state index contributed by atoms with van der Waals surface area (Å²) in [4.78, 5) is 23.2. The number of methoxy groups -OCH3 is 1. The number of rotatable bonds is 2. The Morgan fingerprint density at radius 2 is 2.11 bits per heavy atom. The zero-order valence-corrected chi connectivity index (χ0v) is 10.3. The first-order chi connectivity index (χ1) is 9.04. The molecule has 6 heteroatoms. The fraction of sp³-hybridized carbons (Fsp3) is 0.231. The Morgan fingerprint density at radius 3 is 2.74 bits per heavy atom. The minimum absolute atomic E-state index is 0.184. The lowest BCUT2D eigenvalue weighted by molar-refractivity contribution is -0.145. The third-order valence-electron chi connectivity index (χ3n) is 2.96. The van der Waals surface area contributed by atoms with Crippen molar-refractivity contribution in [2.75, 3.05) is 7.11 Å². The van der Waals surface area contributed by atoms with Gasteiger partial charge in [-0.25, -0.2) is 9.18 Å². The van der Waals surface area contributed by atoms with Crippen LogP contribution in [0.5, 0.6) is 0 Å². The molecule has 2 atom stereocenters. The van der Waals surface area contributed by atoms with Gasteiger partial charge in [-0.2, -0.15) is 0 Å². The average Bonchev–Trinajstić information content (AvgIpc) is 2.37. The predicted molar refractivity (Wildman–Crippen MR) is 65.5 cm³/mol. The molecule has 0 aliphatic carbocycles. The van der Waals surface area contributed by atoms with E-state index in [9.17, 15) is 14.0 Å². The number of ether oxygens (including phenoxy) is 1. The first-order valence-corrected chi connectivity index (χ1v) is 5.63. The van der Waals surface area contributed by atoms with Crippen LogP contribution in [0.4, 0.5) is 9.18 Å². The van der Waals surface area contributed by atoms with Gasteiger partial charge in [-0.15, -0.1) is 0 Å². The number of esters is 1. The third-order valence-corrected chi connectivity index (χ3v) is 2.96. The van der Waals surface area contributed by atoms with Crippen molar-refractivity contribution in [3.63, 3.8) is 0 Å². The summed E-state index contributed by atoms with van der Waals surface area (Å²) in [5.41, 5.74) is 0.401. The topological polar surface area (TPSA) is 67.4 Å². The van der Waals surface area contributed by atoms with Gasteiger partial charge in [0, 0.05) is 11.3 Å². The molecule has 0 radical (unpaired) electrons. The molecule has 1 aromatic carbocycles. The highest BCUT2D eigenvalue weighted by Crippen LogP contribution is 2.31. The highest BCUT2D eigenvalue weighted by atomic mass is 19.1. The van der Waals surface area contributed by atoms with Gasteiger partial charge >= 0.3 is 12.0 Å². The van der Waals surface area contributed by atoms with E-state index in [1.54, 1.807) is 6.07 Å². The number of halogens is 1. The molecule has 1 aliphatic rings. The summed E-state index contributed by atoms with van der Waals surface area (Å²) in [6, 6.07) is 4.57. The van der Waals surface area contributed by atoms with Crippen molar-refractivity contribution in [3.05, 3.63) is 47.9 Å². The summed E-state index contributed by atoms with van der Waals surface area (Å²) < 4.78 is 18.5. The maximum Gasteiger partial charge on any atom is 0.319 e. The number of benzene rings is 1. The highest BCUT2D eigenvalue weighted by Gasteiger charge is 2.39. The van der Waals surface area contributed by atoms with Crippen LogP contribution in [0.25, 0.3) is 0 Å². The Labute approximate surface area is 109 Å². The molecule has 0 aromatic heterocycles. The van der Waals surface area contributed by atoms with Crippen LogP contribution in [-0.4, -0.2) is 19.1 Å². The Hall–Kier alpha value is -2.37. The standard InChI is InChI=1S/C13H13FN2O3/c1-7-10(12(17)19-2)11(16-13(18)15-7)8-5-3-4-6-9(8)14/h3-6,10-11H,1H2,2H3,(H2,15,16,18). The molecule has 1 aliphatic heterocycles. The number of hydrogen-bond acceptors (Lipinski definition) is 3. The molecular formula is C13H13FN2O3. The van der Waals surface area contributed by atoms with Crippen molar-refractivity contribution in [2.45, 2.75) is 6.04 Å². The van der Waals surface area contributed by atoms with E-state index in [0.717, 1.165) is 0 Å². The van der Waals surface area contributed by atoms with Crippen molar-refractivity contribution in [3.8, 4) is 0 Å². The second kappa shape index (κ2) is 5.09. The molecule has 19 heavy (non-hydrogen) atoms. The molecule has 0 bridgehead atoms. The molecule has 2 unspecified atom stereocenters. The second-order valence-corrected chi connectivity index (χ2v) is 4.12. The van der Waals surface area contributed by atoms with Crippen molar-refractivity contribution < 1.29 is 18.7 Å². The van der Waals surface area contributed by atoms with Gasteiger partial charge in [-0.3, -0.25) is 4.79 Å². The first kappa shape index (κ1) is 13.1. The van der Waals surface area contributed by atoms with E-state index in [4.69, 9.17) is 0 Å². The summed E-state index contributed by atoms with van der Waals surface area (Å²) in [6.45, 7) is 3.63. The molecule has 5 nitrogen and oxygen atoms in total. The molecule has 2 amide bonds. The lowest BCUT2D eigenvalue weighted by atomic mass is 9.89. The van der Waals surface area contributed by atoms with Gasteiger partial charge in [0.05, 0.1) is 13.2 Å². The first-order valence-electron chi connectivity index (χ1n) is 5.63. The maximum atomic E-state index is 13.8. The van der Waals surface area contributed by atoms with Gasteiger partial charge in [-0.1, -0.05) is 24.8 Å². The van der Waals surface area contributed by atoms with Gasteiger partial charge in [0.25, 0.3) is 0 Å². The number of hydrogen-bond donors (Lipinski definition) is 2. The van der Waals surface area contributed by atoms with E-state index in [2.05, 4.69) is 21.9 Å². The fourth-order valence-electron chi connectivity index (χ4n) is 2.08. The van der Waals surface area contributed by atoms with Crippen molar-refractivity contribution in [2.24, 2.45) is 5.92 Å². The summed E-state index contributed by atoms with van der Waals surface area (Å²) in [7, 11) is 1.23. The SMILES string of the molecule is C=C1NC(=O)NC(c2ccccc2F)C1C(=O)OC. The van der Waals surface area contributed by atoms with Gasteiger partial charge in [-0.05, 0) is 6.07 Å². The highest BCUT2D eigenvalue weighted by molar-refractivity contribution is 5.85. The molecule has 0 spiro atoms. The molecule has 0 saturated carbocycles. The van der Waals surface area contributed by atoms with Crippen LogP contribution in [0.15, 0.2) is 36.5 Å². The number of nitrogens with one attached hydrogen (secondary N) is 2. The lowest BCUT2D eigenvalue weighted by Crippen LogP contribution is -2.51. The quantitative estimate of drug-likeness (QED) is 0.795. The molecule has 2 N–H and O–H groups in total. The van der Waals surface area contributed by atoms with Crippen LogP contribution in [0.2, 0.25) is 0 Å². The van der Waals surface area contributed by atoms with Crippen LogP contribution >= 0.6 is 0 Å².